The smallest absolute Gasteiger partial charge is 0.355 e. The third-order valence-corrected chi connectivity index (χ3v) is 7.53. The Morgan fingerprint density at radius 3 is 2.48 bits per heavy atom. The molecule has 0 spiro atoms. The highest BCUT2D eigenvalue weighted by atomic mass is 32.2. The van der Waals surface area contributed by atoms with Crippen molar-refractivity contribution in [1.82, 2.24) is 14.6 Å². The summed E-state index contributed by atoms with van der Waals surface area (Å²) in [4.78, 5) is 18.5. The van der Waals surface area contributed by atoms with Gasteiger partial charge in [-0.05, 0) is 49.6 Å². The highest BCUT2D eigenvalue weighted by Gasteiger charge is 2.37. The molecule has 1 N–H and O–H groups in total. The van der Waals surface area contributed by atoms with Gasteiger partial charge in [0, 0.05) is 33.4 Å². The van der Waals surface area contributed by atoms with Crippen LogP contribution in [0.4, 0.5) is 19.0 Å². The summed E-state index contributed by atoms with van der Waals surface area (Å²) in [6.45, 7) is 2.30. The number of piperidine rings is 1. The van der Waals surface area contributed by atoms with Gasteiger partial charge in [-0.3, -0.25) is 4.79 Å². The first kappa shape index (κ1) is 25.0. The fourth-order valence-electron chi connectivity index (χ4n) is 3.81. The van der Waals surface area contributed by atoms with Gasteiger partial charge in [0.05, 0.1) is 22.4 Å². The molecule has 7 nitrogen and oxygen atoms in total. The maximum atomic E-state index is 13.4. The largest absolute Gasteiger partial charge is 0.419 e. The van der Waals surface area contributed by atoms with Crippen LogP contribution in [0.25, 0.3) is 0 Å². The molecule has 1 aliphatic heterocycles. The molecular formula is C22H27F3N4O3S. The number of carbonyl (C=O) groups excluding carboxylic acids is 1. The predicted octanol–water partition coefficient (Wildman–Crippen LogP) is 3.44. The van der Waals surface area contributed by atoms with Crippen LogP contribution in [0.5, 0.6) is 0 Å². The van der Waals surface area contributed by atoms with Gasteiger partial charge in [-0.2, -0.15) is 13.2 Å². The number of pyridine rings is 1. The fourth-order valence-corrected chi connectivity index (χ4v) is 4.71. The van der Waals surface area contributed by atoms with Crippen LogP contribution in [0.15, 0.2) is 47.5 Å². The van der Waals surface area contributed by atoms with E-state index in [-0.39, 0.29) is 23.2 Å². The lowest BCUT2D eigenvalue weighted by atomic mass is 9.96. The number of nitrogens with one attached hydrogen (secondary N) is 1. The highest BCUT2D eigenvalue weighted by Crippen LogP contribution is 2.36. The fraction of sp³-hybridized carbons (Fsp3) is 0.455. The molecule has 2 aromatic rings. The van der Waals surface area contributed by atoms with Crippen molar-refractivity contribution in [2.24, 2.45) is 5.92 Å². The van der Waals surface area contributed by atoms with Gasteiger partial charge < -0.3 is 10.2 Å². The number of hydrogen-bond acceptors (Lipinski definition) is 5. The van der Waals surface area contributed by atoms with E-state index >= 15 is 0 Å². The van der Waals surface area contributed by atoms with E-state index in [9.17, 15) is 26.4 Å². The van der Waals surface area contributed by atoms with Crippen LogP contribution in [0, 0.1) is 5.92 Å². The van der Waals surface area contributed by atoms with Crippen LogP contribution < -0.4 is 10.2 Å². The minimum atomic E-state index is -4.53. The van der Waals surface area contributed by atoms with Gasteiger partial charge in [0.2, 0.25) is 15.9 Å². The van der Waals surface area contributed by atoms with Crippen molar-refractivity contribution in [2.45, 2.75) is 36.9 Å². The number of rotatable bonds is 6. The molecule has 180 valence electrons. The highest BCUT2D eigenvalue weighted by molar-refractivity contribution is 7.89. The van der Waals surface area contributed by atoms with Crippen LogP contribution in [0.3, 0.4) is 0 Å². The first-order valence-electron chi connectivity index (χ1n) is 10.5. The summed E-state index contributed by atoms with van der Waals surface area (Å²) in [5.74, 6) is -0.910. The number of benzene rings is 1. The van der Waals surface area contributed by atoms with Crippen molar-refractivity contribution in [3.05, 3.63) is 53.7 Å². The molecule has 3 rings (SSSR count). The van der Waals surface area contributed by atoms with Crippen LogP contribution >= 0.6 is 0 Å². The van der Waals surface area contributed by atoms with E-state index in [1.54, 1.807) is 19.1 Å². The molecule has 2 unspecified atom stereocenters. The topological polar surface area (TPSA) is 82.6 Å². The molecule has 2 atom stereocenters. The average molecular weight is 485 g/mol. The zero-order valence-electron chi connectivity index (χ0n) is 18.6. The number of alkyl halides is 3. The minimum absolute atomic E-state index is 0.138. The Labute approximate surface area is 191 Å². The second kappa shape index (κ2) is 9.68. The molecule has 33 heavy (non-hydrogen) atoms. The lowest BCUT2D eigenvalue weighted by Gasteiger charge is -2.34. The predicted molar refractivity (Wildman–Crippen MR) is 118 cm³/mol. The number of hydrogen-bond donors (Lipinski definition) is 1. The summed E-state index contributed by atoms with van der Waals surface area (Å²) >= 11 is 0. The van der Waals surface area contributed by atoms with E-state index in [2.05, 4.69) is 10.3 Å². The SMILES string of the molecule is CC(NC(=O)C1CCCN(c2ncccc2C(F)(F)F)C1)c1ccc(S(=O)(=O)N(C)C)cc1. The minimum Gasteiger partial charge on any atom is -0.355 e. The third kappa shape index (κ3) is 5.64. The first-order valence-corrected chi connectivity index (χ1v) is 12.0. The maximum Gasteiger partial charge on any atom is 0.419 e. The summed E-state index contributed by atoms with van der Waals surface area (Å²) in [6, 6.07) is 8.08. The molecule has 1 amide bonds. The van der Waals surface area contributed by atoms with E-state index in [1.165, 1.54) is 43.4 Å². The molecule has 1 aliphatic rings. The van der Waals surface area contributed by atoms with Gasteiger partial charge in [-0.25, -0.2) is 17.7 Å². The Bertz CT molecular complexity index is 1090. The van der Waals surface area contributed by atoms with E-state index in [0.717, 1.165) is 15.9 Å². The molecule has 0 radical (unpaired) electrons. The van der Waals surface area contributed by atoms with Crippen LogP contribution in [-0.2, 0) is 21.0 Å². The van der Waals surface area contributed by atoms with Gasteiger partial charge in [-0.15, -0.1) is 0 Å². The Kier molecular flexibility index (Phi) is 7.32. The van der Waals surface area contributed by atoms with Gasteiger partial charge in [-0.1, -0.05) is 12.1 Å². The van der Waals surface area contributed by atoms with Gasteiger partial charge in [0.25, 0.3) is 0 Å². The molecule has 0 bridgehead atoms. The molecular weight excluding hydrogens is 457 g/mol. The molecule has 11 heteroatoms. The number of carbonyl (C=O) groups is 1. The van der Waals surface area contributed by atoms with Crippen LogP contribution in [0.2, 0.25) is 0 Å². The average Bonchev–Trinajstić information content (AvgIpc) is 2.78. The molecule has 1 aromatic carbocycles. The summed E-state index contributed by atoms with van der Waals surface area (Å²) in [6.07, 6.45) is -2.09. The first-order chi connectivity index (χ1) is 15.4. The summed E-state index contributed by atoms with van der Waals surface area (Å²) in [7, 11) is -0.658. The van der Waals surface area contributed by atoms with Gasteiger partial charge in [0.15, 0.2) is 0 Å². The Morgan fingerprint density at radius 2 is 1.88 bits per heavy atom. The van der Waals surface area contributed by atoms with Crippen molar-refractivity contribution in [1.29, 1.82) is 0 Å². The zero-order valence-corrected chi connectivity index (χ0v) is 19.4. The van der Waals surface area contributed by atoms with E-state index in [0.29, 0.717) is 19.4 Å². The third-order valence-electron chi connectivity index (χ3n) is 5.70. The lowest BCUT2D eigenvalue weighted by Crippen LogP contribution is -2.44. The summed E-state index contributed by atoms with van der Waals surface area (Å²) < 4.78 is 65.7. The van der Waals surface area contributed by atoms with Crippen LogP contribution in [0.1, 0.15) is 36.9 Å². The second-order valence-corrected chi connectivity index (χ2v) is 10.4. The number of halogens is 3. The molecule has 1 saturated heterocycles. The van der Waals surface area contributed by atoms with Crippen molar-refractivity contribution in [2.75, 3.05) is 32.1 Å². The van der Waals surface area contributed by atoms with Crippen molar-refractivity contribution in [3.63, 3.8) is 0 Å². The standard InChI is InChI=1S/C22H27F3N4O3S/c1-15(16-8-10-18(11-9-16)33(31,32)28(2)3)27-21(30)17-6-5-13-29(14-17)20-19(22(23,24)25)7-4-12-26-20/h4,7-12,15,17H,5-6,13-14H2,1-3H3,(H,27,30). The molecule has 1 aromatic heterocycles. The van der Waals surface area contributed by atoms with Gasteiger partial charge >= 0.3 is 6.18 Å². The monoisotopic (exact) mass is 484 g/mol. The quantitative estimate of drug-likeness (QED) is 0.679. The van der Waals surface area contributed by atoms with Crippen molar-refractivity contribution >= 4 is 21.7 Å². The Hall–Kier alpha value is -2.66. The number of anilines is 1. The lowest BCUT2D eigenvalue weighted by molar-refractivity contribution is -0.137. The number of aromatic nitrogens is 1. The number of sulfonamides is 1. The maximum absolute atomic E-state index is 13.4. The van der Waals surface area contributed by atoms with Gasteiger partial charge in [0.1, 0.15) is 5.82 Å². The number of amides is 1. The van der Waals surface area contributed by atoms with E-state index in [4.69, 9.17) is 0 Å². The second-order valence-electron chi connectivity index (χ2n) is 8.24. The van der Waals surface area contributed by atoms with Crippen molar-refractivity contribution in [3.8, 4) is 0 Å². The molecule has 1 fully saturated rings. The molecule has 0 saturated carbocycles. The van der Waals surface area contributed by atoms with E-state index < -0.39 is 33.7 Å². The Balaban J connectivity index is 1.69. The number of nitrogens with zero attached hydrogens (tertiary/aromatic N) is 3. The van der Waals surface area contributed by atoms with E-state index in [1.807, 2.05) is 0 Å². The molecule has 0 aliphatic carbocycles. The summed E-state index contributed by atoms with van der Waals surface area (Å²) in [5, 5.41) is 2.90. The summed E-state index contributed by atoms with van der Waals surface area (Å²) in [5.41, 5.74) is -0.0926. The zero-order chi connectivity index (χ0) is 24.4. The molecule has 2 heterocycles. The normalized spacial score (nSPS) is 18.3. The Morgan fingerprint density at radius 1 is 1.21 bits per heavy atom. The van der Waals surface area contributed by atoms with Crippen molar-refractivity contribution < 1.29 is 26.4 Å². The van der Waals surface area contributed by atoms with Crippen LogP contribution in [-0.4, -0.2) is 50.8 Å².